The van der Waals surface area contributed by atoms with Gasteiger partial charge in [-0.3, -0.25) is 0 Å². The lowest BCUT2D eigenvalue weighted by molar-refractivity contribution is -0.401. The van der Waals surface area contributed by atoms with Crippen molar-refractivity contribution < 1.29 is 84.1 Å². The van der Waals surface area contributed by atoms with E-state index in [1.165, 1.54) is 0 Å². The van der Waals surface area contributed by atoms with Crippen LogP contribution in [0.2, 0.25) is 0 Å². The minimum atomic E-state index is -7.66. The molecule has 1 atom stereocenters. The number of halogens is 18. The van der Waals surface area contributed by atoms with Crippen LogP contribution in [0.25, 0.3) is 0 Å². The SMILES string of the molecule is CCC([O])c1c(C(F)(F)C(F)(F)C(F)(F)C(F)(F)F)cccc1C(F)(F)C(F)(F)C(F)(F)C(F)(F)F. The highest BCUT2D eigenvalue weighted by molar-refractivity contribution is 5.44. The number of benzene rings is 1. The van der Waals surface area contributed by atoms with Crippen molar-refractivity contribution in [2.45, 2.75) is 67.3 Å². The zero-order valence-electron chi connectivity index (χ0n) is 16.7. The third-order valence-electron chi connectivity index (χ3n) is 4.76. The summed E-state index contributed by atoms with van der Waals surface area (Å²) >= 11 is 0. The average Bonchev–Trinajstić information content (AvgIpc) is 2.70. The summed E-state index contributed by atoms with van der Waals surface area (Å²) in [6, 6.07) is -1.77. The van der Waals surface area contributed by atoms with Gasteiger partial charge in [-0.25, -0.2) is 5.11 Å². The van der Waals surface area contributed by atoms with Gasteiger partial charge in [0.1, 0.15) is 6.10 Å². The Bertz CT molecular complexity index is 874. The van der Waals surface area contributed by atoms with Crippen molar-refractivity contribution in [2.75, 3.05) is 0 Å². The molecule has 0 spiro atoms. The molecule has 0 aliphatic heterocycles. The fourth-order valence-corrected chi connectivity index (χ4v) is 2.75. The lowest BCUT2D eigenvalue weighted by atomic mass is 9.83. The standard InChI is InChI=1S/C17H9F18O/c1-2-8(36)9-6(10(18,19)12(22,23)14(26,27)16(30,31)32)4-3-5-7(9)11(20,21)13(24,25)15(28,29)17(33,34)35/h3-5,8H,2H2,1H3. The molecule has 1 aromatic carbocycles. The maximum Gasteiger partial charge on any atom is 0.460 e. The van der Waals surface area contributed by atoms with Gasteiger partial charge in [0.05, 0.1) is 0 Å². The summed E-state index contributed by atoms with van der Waals surface area (Å²) in [4.78, 5) is 0. The molecule has 1 unspecified atom stereocenters. The molecular weight excluding hydrogens is 562 g/mol. The van der Waals surface area contributed by atoms with E-state index < -0.39 is 95.3 Å². The molecule has 0 aliphatic rings. The number of alkyl halides is 18. The lowest BCUT2D eigenvalue weighted by Crippen LogP contribution is -2.60. The van der Waals surface area contributed by atoms with E-state index in [2.05, 4.69) is 0 Å². The molecule has 0 N–H and O–H groups in total. The van der Waals surface area contributed by atoms with Crippen molar-refractivity contribution in [2.24, 2.45) is 0 Å². The third-order valence-corrected chi connectivity index (χ3v) is 4.76. The van der Waals surface area contributed by atoms with Crippen molar-refractivity contribution in [3.05, 3.63) is 34.9 Å². The highest BCUT2D eigenvalue weighted by atomic mass is 19.4. The van der Waals surface area contributed by atoms with Gasteiger partial charge < -0.3 is 0 Å². The van der Waals surface area contributed by atoms with Crippen LogP contribution in [-0.2, 0) is 17.0 Å². The Morgan fingerprint density at radius 1 is 0.556 bits per heavy atom. The average molecular weight is 571 g/mol. The van der Waals surface area contributed by atoms with Crippen LogP contribution in [0.1, 0.15) is 36.1 Å². The molecule has 19 heteroatoms. The maximum absolute atomic E-state index is 14.4. The molecule has 0 aliphatic carbocycles. The summed E-state index contributed by atoms with van der Waals surface area (Å²) in [6.45, 7) is 0.527. The van der Waals surface area contributed by atoms with E-state index in [4.69, 9.17) is 0 Å². The first-order valence-corrected chi connectivity index (χ1v) is 8.79. The summed E-state index contributed by atoms with van der Waals surface area (Å²) in [7, 11) is 0. The summed E-state index contributed by atoms with van der Waals surface area (Å²) in [5.74, 6) is -44.5. The summed E-state index contributed by atoms with van der Waals surface area (Å²) in [6.07, 6.45) is -19.7. The fraction of sp³-hybridized carbons (Fsp3) is 0.647. The Balaban J connectivity index is 4.10. The van der Waals surface area contributed by atoms with Crippen LogP contribution in [0.5, 0.6) is 0 Å². The summed E-state index contributed by atoms with van der Waals surface area (Å²) in [5, 5.41) is 12.0. The predicted octanol–water partition coefficient (Wildman–Crippen LogP) is 8.42. The van der Waals surface area contributed by atoms with E-state index in [1.807, 2.05) is 0 Å². The Kier molecular flexibility index (Phi) is 7.76. The Morgan fingerprint density at radius 2 is 0.833 bits per heavy atom. The van der Waals surface area contributed by atoms with Crippen LogP contribution in [0.3, 0.4) is 0 Å². The van der Waals surface area contributed by atoms with Crippen molar-refractivity contribution in [1.82, 2.24) is 0 Å². The highest BCUT2D eigenvalue weighted by Crippen LogP contribution is 2.61. The van der Waals surface area contributed by atoms with E-state index in [0.717, 1.165) is 0 Å². The van der Waals surface area contributed by atoms with Crippen molar-refractivity contribution >= 4 is 0 Å². The monoisotopic (exact) mass is 571 g/mol. The minimum Gasteiger partial charge on any atom is -0.228 e. The van der Waals surface area contributed by atoms with Gasteiger partial charge in [0.2, 0.25) is 0 Å². The molecule has 0 amide bonds. The normalized spacial score (nSPS) is 16.3. The molecule has 0 heterocycles. The second-order valence-electron chi connectivity index (χ2n) is 7.11. The molecular formula is C17H9F18O. The molecule has 209 valence electrons. The number of rotatable bonds is 8. The van der Waals surface area contributed by atoms with Crippen molar-refractivity contribution in [1.29, 1.82) is 0 Å². The zero-order valence-corrected chi connectivity index (χ0v) is 16.7. The molecule has 1 rings (SSSR count). The van der Waals surface area contributed by atoms with E-state index in [-0.39, 0.29) is 0 Å². The fourth-order valence-electron chi connectivity index (χ4n) is 2.75. The van der Waals surface area contributed by atoms with Crippen molar-refractivity contribution in [3.8, 4) is 0 Å². The van der Waals surface area contributed by atoms with Gasteiger partial charge in [-0.2, -0.15) is 79.0 Å². The van der Waals surface area contributed by atoms with Crippen LogP contribution in [0.15, 0.2) is 18.2 Å². The van der Waals surface area contributed by atoms with E-state index in [0.29, 0.717) is 6.92 Å². The van der Waals surface area contributed by atoms with Crippen LogP contribution in [0.4, 0.5) is 79.0 Å². The van der Waals surface area contributed by atoms with Gasteiger partial charge in [0, 0.05) is 16.7 Å². The molecule has 1 aromatic rings. The van der Waals surface area contributed by atoms with Gasteiger partial charge in [0.25, 0.3) is 0 Å². The molecule has 1 nitrogen and oxygen atoms in total. The summed E-state index contributed by atoms with van der Waals surface area (Å²) in [5.41, 5.74) is -9.14. The Morgan fingerprint density at radius 3 is 1.06 bits per heavy atom. The predicted molar refractivity (Wildman–Crippen MR) is 79.8 cm³/mol. The Labute approximate surface area is 187 Å². The van der Waals surface area contributed by atoms with Crippen molar-refractivity contribution in [3.63, 3.8) is 0 Å². The molecule has 0 bridgehead atoms. The molecule has 1 radical (unpaired) electrons. The highest BCUT2D eigenvalue weighted by Gasteiger charge is 2.84. The molecule has 0 saturated carbocycles. The van der Waals surface area contributed by atoms with Crippen LogP contribution < -0.4 is 0 Å². The van der Waals surface area contributed by atoms with Crippen LogP contribution in [0, 0.1) is 0 Å². The first-order valence-electron chi connectivity index (χ1n) is 8.79. The second kappa shape index (κ2) is 8.75. The van der Waals surface area contributed by atoms with Crippen LogP contribution >= 0.6 is 0 Å². The van der Waals surface area contributed by atoms with E-state index >= 15 is 0 Å². The van der Waals surface area contributed by atoms with Gasteiger partial charge in [-0.15, -0.1) is 0 Å². The third kappa shape index (κ3) is 4.33. The molecule has 0 fully saturated rings. The smallest absolute Gasteiger partial charge is 0.228 e. The second-order valence-corrected chi connectivity index (χ2v) is 7.11. The quantitative estimate of drug-likeness (QED) is 0.280. The number of hydrogen-bond donors (Lipinski definition) is 0. The first-order chi connectivity index (χ1) is 15.6. The van der Waals surface area contributed by atoms with Gasteiger partial charge >= 0.3 is 47.9 Å². The largest absolute Gasteiger partial charge is 0.460 e. The maximum atomic E-state index is 14.4. The van der Waals surface area contributed by atoms with Gasteiger partial charge in [0.15, 0.2) is 0 Å². The van der Waals surface area contributed by atoms with Gasteiger partial charge in [-0.1, -0.05) is 25.1 Å². The minimum absolute atomic E-state index is 0.456. The van der Waals surface area contributed by atoms with E-state index in [9.17, 15) is 84.1 Å². The summed E-state index contributed by atoms with van der Waals surface area (Å²) < 4.78 is 239. The molecule has 0 saturated heterocycles. The molecule has 36 heavy (non-hydrogen) atoms. The zero-order chi connectivity index (χ0) is 29.1. The first kappa shape index (κ1) is 31.9. The van der Waals surface area contributed by atoms with Crippen LogP contribution in [-0.4, -0.2) is 36.0 Å². The molecule has 0 aromatic heterocycles. The van der Waals surface area contributed by atoms with Gasteiger partial charge in [-0.05, 0) is 6.42 Å². The lowest BCUT2D eigenvalue weighted by Gasteiger charge is -2.37. The number of hydrogen-bond acceptors (Lipinski definition) is 0. The topological polar surface area (TPSA) is 19.9 Å². The van der Waals surface area contributed by atoms with E-state index in [1.54, 1.807) is 0 Å². The Hall–Kier alpha value is -2.08.